The largest absolute Gasteiger partial charge is 0.301 e. The molecule has 0 saturated heterocycles. The number of benzene rings is 1. The molecule has 2 aromatic rings. The maximum atomic E-state index is 11.8. The molecule has 1 N–H and O–H groups in total. The lowest BCUT2D eigenvalue weighted by atomic mass is 10.1. The first-order chi connectivity index (χ1) is 9.25. The highest BCUT2D eigenvalue weighted by molar-refractivity contribution is 7.99. The smallest absolute Gasteiger partial charge is 0.251 e. The van der Waals surface area contributed by atoms with Crippen LogP contribution in [0.5, 0.6) is 0 Å². The summed E-state index contributed by atoms with van der Waals surface area (Å²) in [7, 11) is 0. The average molecular weight is 274 g/mol. The molecule has 1 aromatic carbocycles. The van der Waals surface area contributed by atoms with Gasteiger partial charge in [-0.05, 0) is 6.42 Å². The molecule has 0 aliphatic carbocycles. The van der Waals surface area contributed by atoms with Gasteiger partial charge in [0, 0.05) is 30.0 Å². The van der Waals surface area contributed by atoms with Gasteiger partial charge < -0.3 is 4.98 Å². The Morgan fingerprint density at radius 1 is 1.21 bits per heavy atom. The number of hydrogen-bond donors (Lipinski definition) is 1. The SMILES string of the molecule is O=C(CCCSc1nccc(=O)[nH]1)c1ccccc1. The zero-order valence-corrected chi connectivity index (χ0v) is 11.2. The molecule has 2 rings (SSSR count). The average Bonchev–Trinajstić information content (AvgIpc) is 2.44. The van der Waals surface area contributed by atoms with E-state index >= 15 is 0 Å². The molecular weight excluding hydrogens is 260 g/mol. The van der Waals surface area contributed by atoms with Crippen LogP contribution in [0.25, 0.3) is 0 Å². The van der Waals surface area contributed by atoms with E-state index in [2.05, 4.69) is 9.97 Å². The third-order valence-electron chi connectivity index (χ3n) is 2.53. The number of aromatic nitrogens is 2. The number of rotatable bonds is 6. The second-order valence-electron chi connectivity index (χ2n) is 3.98. The van der Waals surface area contributed by atoms with Crippen LogP contribution in [0, 0.1) is 0 Å². The summed E-state index contributed by atoms with van der Waals surface area (Å²) in [6, 6.07) is 10.6. The van der Waals surface area contributed by atoms with Gasteiger partial charge >= 0.3 is 0 Å². The van der Waals surface area contributed by atoms with Crippen LogP contribution in [0.3, 0.4) is 0 Å². The molecule has 0 atom stereocenters. The number of carbonyl (C=O) groups is 1. The number of carbonyl (C=O) groups excluding carboxylic acids is 1. The number of H-pyrrole nitrogens is 1. The van der Waals surface area contributed by atoms with Gasteiger partial charge in [-0.2, -0.15) is 0 Å². The Morgan fingerprint density at radius 3 is 2.74 bits per heavy atom. The molecule has 0 aliphatic rings. The van der Waals surface area contributed by atoms with Crippen LogP contribution in [0.1, 0.15) is 23.2 Å². The lowest BCUT2D eigenvalue weighted by Gasteiger charge is -2.01. The molecule has 19 heavy (non-hydrogen) atoms. The second-order valence-corrected chi connectivity index (χ2v) is 5.06. The number of Topliss-reactive ketones (excluding diaryl/α,β-unsaturated/α-hetero) is 1. The molecule has 4 nitrogen and oxygen atoms in total. The Kier molecular flexibility index (Phi) is 4.92. The fourth-order valence-electron chi connectivity index (χ4n) is 1.60. The van der Waals surface area contributed by atoms with Gasteiger partial charge in [0.1, 0.15) is 0 Å². The van der Waals surface area contributed by atoms with E-state index in [1.54, 1.807) is 0 Å². The van der Waals surface area contributed by atoms with E-state index in [4.69, 9.17) is 0 Å². The van der Waals surface area contributed by atoms with Crippen molar-refractivity contribution in [2.24, 2.45) is 0 Å². The summed E-state index contributed by atoms with van der Waals surface area (Å²) in [5.41, 5.74) is 0.594. The minimum absolute atomic E-state index is 0.149. The third kappa shape index (κ3) is 4.37. The van der Waals surface area contributed by atoms with Crippen LogP contribution >= 0.6 is 11.8 Å². The predicted molar refractivity (Wildman–Crippen MR) is 75.6 cm³/mol. The fourth-order valence-corrected chi connectivity index (χ4v) is 2.39. The van der Waals surface area contributed by atoms with Gasteiger partial charge in [0.2, 0.25) is 0 Å². The standard InChI is InChI=1S/C14H14N2O2S/c17-12(11-5-2-1-3-6-11)7-4-10-19-14-15-9-8-13(18)16-14/h1-3,5-6,8-9H,4,7,10H2,(H,15,16,18). The zero-order valence-electron chi connectivity index (χ0n) is 10.3. The topological polar surface area (TPSA) is 62.8 Å². The summed E-state index contributed by atoms with van der Waals surface area (Å²) in [5, 5.41) is 0.597. The van der Waals surface area contributed by atoms with Gasteiger partial charge in [0.25, 0.3) is 5.56 Å². The van der Waals surface area contributed by atoms with Crippen molar-refractivity contribution in [3.05, 3.63) is 58.5 Å². The van der Waals surface area contributed by atoms with Crippen molar-refractivity contribution >= 4 is 17.5 Å². The van der Waals surface area contributed by atoms with Crippen LogP contribution in [0.4, 0.5) is 0 Å². The maximum absolute atomic E-state index is 11.8. The number of hydrogen-bond acceptors (Lipinski definition) is 4. The molecule has 1 heterocycles. The molecule has 0 saturated carbocycles. The third-order valence-corrected chi connectivity index (χ3v) is 3.50. The van der Waals surface area contributed by atoms with E-state index < -0.39 is 0 Å². The fraction of sp³-hybridized carbons (Fsp3) is 0.214. The van der Waals surface area contributed by atoms with Crippen LogP contribution < -0.4 is 5.56 Å². The summed E-state index contributed by atoms with van der Waals surface area (Å²) >= 11 is 1.45. The van der Waals surface area contributed by atoms with Crippen LogP contribution in [-0.4, -0.2) is 21.5 Å². The molecule has 0 radical (unpaired) electrons. The Bertz CT molecular complexity index is 596. The highest BCUT2D eigenvalue weighted by Gasteiger charge is 2.04. The molecule has 0 unspecified atom stereocenters. The molecule has 1 aromatic heterocycles. The molecule has 0 aliphatic heterocycles. The van der Waals surface area contributed by atoms with E-state index in [0.29, 0.717) is 11.6 Å². The summed E-state index contributed by atoms with van der Waals surface area (Å²) < 4.78 is 0. The summed E-state index contributed by atoms with van der Waals surface area (Å²) in [5.74, 6) is 0.904. The molecule has 0 spiro atoms. The van der Waals surface area contributed by atoms with Gasteiger partial charge in [0.05, 0.1) is 0 Å². The van der Waals surface area contributed by atoms with E-state index in [-0.39, 0.29) is 11.3 Å². The van der Waals surface area contributed by atoms with Gasteiger partial charge in [-0.3, -0.25) is 9.59 Å². The maximum Gasteiger partial charge on any atom is 0.251 e. The molecule has 98 valence electrons. The van der Waals surface area contributed by atoms with Crippen LogP contribution in [0.15, 0.2) is 52.5 Å². The number of thioether (sulfide) groups is 1. The summed E-state index contributed by atoms with van der Waals surface area (Å²) in [6.07, 6.45) is 2.75. The lowest BCUT2D eigenvalue weighted by molar-refractivity contribution is 0.0982. The number of nitrogens with one attached hydrogen (secondary N) is 1. The lowest BCUT2D eigenvalue weighted by Crippen LogP contribution is -2.05. The van der Waals surface area contributed by atoms with Crippen LogP contribution in [-0.2, 0) is 0 Å². The quantitative estimate of drug-likeness (QED) is 0.380. The Morgan fingerprint density at radius 2 is 2.00 bits per heavy atom. The van der Waals surface area contributed by atoms with Crippen molar-refractivity contribution in [3.63, 3.8) is 0 Å². The molecule has 5 heteroatoms. The minimum atomic E-state index is -0.155. The predicted octanol–water partition coefficient (Wildman–Crippen LogP) is 2.53. The minimum Gasteiger partial charge on any atom is -0.301 e. The highest BCUT2D eigenvalue weighted by atomic mass is 32.2. The highest BCUT2D eigenvalue weighted by Crippen LogP contribution is 2.14. The number of nitrogens with zero attached hydrogens (tertiary/aromatic N) is 1. The first-order valence-electron chi connectivity index (χ1n) is 6.02. The first-order valence-corrected chi connectivity index (χ1v) is 7.00. The molecule has 0 fully saturated rings. The Hall–Kier alpha value is -1.88. The van der Waals surface area contributed by atoms with Crippen molar-refractivity contribution in [1.29, 1.82) is 0 Å². The van der Waals surface area contributed by atoms with Crippen molar-refractivity contribution < 1.29 is 4.79 Å². The van der Waals surface area contributed by atoms with Gasteiger partial charge in [-0.25, -0.2) is 4.98 Å². The van der Waals surface area contributed by atoms with E-state index in [1.165, 1.54) is 24.0 Å². The monoisotopic (exact) mass is 274 g/mol. The van der Waals surface area contributed by atoms with Crippen LogP contribution in [0.2, 0.25) is 0 Å². The molecule has 0 bridgehead atoms. The van der Waals surface area contributed by atoms with E-state index in [0.717, 1.165) is 17.7 Å². The van der Waals surface area contributed by atoms with E-state index in [9.17, 15) is 9.59 Å². The summed E-state index contributed by atoms with van der Waals surface area (Å²) in [4.78, 5) is 29.6. The Balaban J connectivity index is 1.75. The molecule has 0 amide bonds. The van der Waals surface area contributed by atoms with Gasteiger partial charge in [-0.1, -0.05) is 42.1 Å². The van der Waals surface area contributed by atoms with E-state index in [1.807, 2.05) is 30.3 Å². The van der Waals surface area contributed by atoms with Crippen molar-refractivity contribution in [2.45, 2.75) is 18.0 Å². The zero-order chi connectivity index (χ0) is 13.5. The normalized spacial score (nSPS) is 10.3. The van der Waals surface area contributed by atoms with Gasteiger partial charge in [0.15, 0.2) is 10.9 Å². The second kappa shape index (κ2) is 6.89. The summed E-state index contributed by atoms with van der Waals surface area (Å²) in [6.45, 7) is 0. The number of ketones is 1. The number of aromatic amines is 1. The molecular formula is C14H14N2O2S. The Labute approximate surface area is 115 Å². The van der Waals surface area contributed by atoms with Crippen molar-refractivity contribution in [1.82, 2.24) is 9.97 Å². The first kappa shape index (κ1) is 13.5. The van der Waals surface area contributed by atoms with Crippen molar-refractivity contribution in [2.75, 3.05) is 5.75 Å². The van der Waals surface area contributed by atoms with Crippen molar-refractivity contribution in [3.8, 4) is 0 Å². The van der Waals surface area contributed by atoms with Gasteiger partial charge in [-0.15, -0.1) is 0 Å².